The summed E-state index contributed by atoms with van der Waals surface area (Å²) in [4.78, 5) is 6.74. The number of aryl methyl sites for hydroxylation is 1. The van der Waals surface area contributed by atoms with Crippen LogP contribution >= 0.6 is 0 Å². The van der Waals surface area contributed by atoms with Crippen molar-refractivity contribution in [3.8, 4) is 0 Å². The molecule has 1 saturated heterocycles. The standard InChI is InChI=1S/C11H17N3/c1-9-3-4-13-11(7-9)14-6-5-12-10(2)8-14/h3-4,7,10,12H,5-6,8H2,1-2H3/t10-/m0/s1. The lowest BCUT2D eigenvalue weighted by Gasteiger charge is -2.32. The van der Waals surface area contributed by atoms with Crippen molar-refractivity contribution in [2.24, 2.45) is 0 Å². The molecule has 0 spiro atoms. The maximum absolute atomic E-state index is 4.40. The number of pyridine rings is 1. The second-order valence-corrected chi connectivity index (χ2v) is 3.99. The van der Waals surface area contributed by atoms with Crippen LogP contribution in [-0.2, 0) is 0 Å². The van der Waals surface area contributed by atoms with Gasteiger partial charge >= 0.3 is 0 Å². The lowest BCUT2D eigenvalue weighted by atomic mass is 10.2. The topological polar surface area (TPSA) is 28.2 Å². The SMILES string of the molecule is Cc1ccnc(N2CCN[C@@H](C)C2)c1. The van der Waals surface area contributed by atoms with E-state index in [0.29, 0.717) is 6.04 Å². The summed E-state index contributed by atoms with van der Waals surface area (Å²) in [6.07, 6.45) is 1.89. The molecule has 76 valence electrons. The Kier molecular flexibility index (Phi) is 2.68. The molecule has 3 heteroatoms. The van der Waals surface area contributed by atoms with E-state index in [2.05, 4.69) is 35.1 Å². The average Bonchev–Trinajstić information content (AvgIpc) is 2.18. The third kappa shape index (κ3) is 2.04. The molecule has 1 atom stereocenters. The molecule has 0 unspecified atom stereocenters. The van der Waals surface area contributed by atoms with Crippen molar-refractivity contribution in [2.45, 2.75) is 19.9 Å². The number of rotatable bonds is 1. The summed E-state index contributed by atoms with van der Waals surface area (Å²) in [5.74, 6) is 1.11. The zero-order valence-corrected chi connectivity index (χ0v) is 8.83. The van der Waals surface area contributed by atoms with E-state index < -0.39 is 0 Å². The van der Waals surface area contributed by atoms with Crippen LogP contribution in [0.3, 0.4) is 0 Å². The van der Waals surface area contributed by atoms with Crippen LogP contribution in [0.25, 0.3) is 0 Å². The van der Waals surface area contributed by atoms with E-state index in [1.54, 1.807) is 0 Å². The Bertz CT molecular complexity index is 311. The first-order valence-corrected chi connectivity index (χ1v) is 5.17. The van der Waals surface area contributed by atoms with Gasteiger partial charge < -0.3 is 10.2 Å². The molecule has 1 aromatic heterocycles. The van der Waals surface area contributed by atoms with Gasteiger partial charge in [-0.15, -0.1) is 0 Å². The minimum atomic E-state index is 0.561. The Balaban J connectivity index is 2.14. The first-order valence-electron chi connectivity index (χ1n) is 5.17. The van der Waals surface area contributed by atoms with Gasteiger partial charge in [-0.3, -0.25) is 0 Å². The molecular weight excluding hydrogens is 174 g/mol. The molecule has 3 nitrogen and oxygen atoms in total. The molecule has 2 heterocycles. The van der Waals surface area contributed by atoms with Gasteiger partial charge in [0.15, 0.2) is 0 Å². The van der Waals surface area contributed by atoms with Crippen molar-refractivity contribution in [1.82, 2.24) is 10.3 Å². The highest BCUT2D eigenvalue weighted by Crippen LogP contribution is 2.13. The second kappa shape index (κ2) is 3.96. The zero-order valence-electron chi connectivity index (χ0n) is 8.83. The maximum Gasteiger partial charge on any atom is 0.128 e. The Morgan fingerprint density at radius 2 is 2.43 bits per heavy atom. The number of nitrogens with zero attached hydrogens (tertiary/aromatic N) is 2. The number of aromatic nitrogens is 1. The van der Waals surface area contributed by atoms with Gasteiger partial charge in [-0.25, -0.2) is 4.98 Å². The predicted molar refractivity (Wildman–Crippen MR) is 58.7 cm³/mol. The van der Waals surface area contributed by atoms with Gasteiger partial charge in [0.25, 0.3) is 0 Å². The molecule has 1 aliphatic heterocycles. The summed E-state index contributed by atoms with van der Waals surface area (Å²) in [6, 6.07) is 4.75. The Morgan fingerprint density at radius 3 is 3.14 bits per heavy atom. The van der Waals surface area contributed by atoms with Crippen LogP contribution in [-0.4, -0.2) is 30.7 Å². The monoisotopic (exact) mass is 191 g/mol. The first kappa shape index (κ1) is 9.46. The van der Waals surface area contributed by atoms with Crippen LogP contribution in [0.1, 0.15) is 12.5 Å². The highest BCUT2D eigenvalue weighted by Gasteiger charge is 2.16. The first-order chi connectivity index (χ1) is 6.75. The fraction of sp³-hybridized carbons (Fsp3) is 0.545. The third-order valence-corrected chi connectivity index (χ3v) is 2.59. The van der Waals surface area contributed by atoms with Crippen molar-refractivity contribution < 1.29 is 0 Å². The van der Waals surface area contributed by atoms with Crippen molar-refractivity contribution in [3.63, 3.8) is 0 Å². The minimum absolute atomic E-state index is 0.561. The highest BCUT2D eigenvalue weighted by molar-refractivity contribution is 5.41. The molecule has 0 aliphatic carbocycles. The van der Waals surface area contributed by atoms with E-state index in [4.69, 9.17) is 0 Å². The van der Waals surface area contributed by atoms with Gasteiger partial charge in [-0.05, 0) is 31.5 Å². The Labute approximate surface area is 85.1 Å². The summed E-state index contributed by atoms with van der Waals surface area (Å²) >= 11 is 0. The molecule has 1 aromatic rings. The lowest BCUT2D eigenvalue weighted by Crippen LogP contribution is -2.49. The molecule has 0 aromatic carbocycles. The number of hydrogen-bond acceptors (Lipinski definition) is 3. The van der Waals surface area contributed by atoms with E-state index in [0.717, 1.165) is 25.5 Å². The van der Waals surface area contributed by atoms with Crippen LogP contribution < -0.4 is 10.2 Å². The maximum atomic E-state index is 4.40. The van der Waals surface area contributed by atoms with Gasteiger partial charge in [-0.2, -0.15) is 0 Å². The van der Waals surface area contributed by atoms with Crippen LogP contribution in [0.4, 0.5) is 5.82 Å². The molecule has 0 saturated carbocycles. The molecule has 14 heavy (non-hydrogen) atoms. The van der Waals surface area contributed by atoms with Gasteiger partial charge in [-0.1, -0.05) is 0 Å². The highest BCUT2D eigenvalue weighted by atomic mass is 15.2. The van der Waals surface area contributed by atoms with Gasteiger partial charge in [0, 0.05) is 31.9 Å². The number of nitrogens with one attached hydrogen (secondary N) is 1. The molecule has 1 N–H and O–H groups in total. The summed E-state index contributed by atoms with van der Waals surface area (Å²) in [5.41, 5.74) is 1.28. The molecule has 1 fully saturated rings. The average molecular weight is 191 g/mol. The van der Waals surface area contributed by atoms with Gasteiger partial charge in [0.05, 0.1) is 0 Å². The molecule has 2 rings (SSSR count). The predicted octanol–water partition coefficient (Wildman–Crippen LogP) is 1.19. The third-order valence-electron chi connectivity index (χ3n) is 2.59. The molecule has 0 amide bonds. The fourth-order valence-electron chi connectivity index (χ4n) is 1.83. The molecular formula is C11H17N3. The fourth-order valence-corrected chi connectivity index (χ4v) is 1.83. The van der Waals surface area contributed by atoms with E-state index in [1.165, 1.54) is 5.56 Å². The van der Waals surface area contributed by atoms with E-state index in [-0.39, 0.29) is 0 Å². The summed E-state index contributed by atoms with van der Waals surface area (Å²) in [5, 5.41) is 3.43. The van der Waals surface area contributed by atoms with Crippen molar-refractivity contribution in [2.75, 3.05) is 24.5 Å². The van der Waals surface area contributed by atoms with Crippen LogP contribution in [0.15, 0.2) is 18.3 Å². The normalized spacial score (nSPS) is 22.4. The smallest absolute Gasteiger partial charge is 0.128 e. The number of anilines is 1. The van der Waals surface area contributed by atoms with Crippen molar-refractivity contribution in [3.05, 3.63) is 23.9 Å². The van der Waals surface area contributed by atoms with Crippen LogP contribution in [0, 0.1) is 6.92 Å². The summed E-state index contributed by atoms with van der Waals surface area (Å²) in [7, 11) is 0. The van der Waals surface area contributed by atoms with Crippen molar-refractivity contribution >= 4 is 5.82 Å². The zero-order chi connectivity index (χ0) is 9.97. The number of hydrogen-bond donors (Lipinski definition) is 1. The van der Waals surface area contributed by atoms with E-state index >= 15 is 0 Å². The number of piperazine rings is 1. The largest absolute Gasteiger partial charge is 0.354 e. The second-order valence-electron chi connectivity index (χ2n) is 3.99. The summed E-state index contributed by atoms with van der Waals surface area (Å²) in [6.45, 7) is 7.48. The van der Waals surface area contributed by atoms with Gasteiger partial charge in [0.2, 0.25) is 0 Å². The van der Waals surface area contributed by atoms with E-state index in [1.807, 2.05) is 12.3 Å². The van der Waals surface area contributed by atoms with Crippen LogP contribution in [0.2, 0.25) is 0 Å². The Morgan fingerprint density at radius 1 is 1.57 bits per heavy atom. The van der Waals surface area contributed by atoms with Crippen molar-refractivity contribution in [1.29, 1.82) is 0 Å². The van der Waals surface area contributed by atoms with Crippen LogP contribution in [0.5, 0.6) is 0 Å². The minimum Gasteiger partial charge on any atom is -0.354 e. The van der Waals surface area contributed by atoms with E-state index in [9.17, 15) is 0 Å². The summed E-state index contributed by atoms with van der Waals surface area (Å²) < 4.78 is 0. The molecule has 0 bridgehead atoms. The molecule has 0 radical (unpaired) electrons. The quantitative estimate of drug-likeness (QED) is 0.722. The lowest BCUT2D eigenvalue weighted by molar-refractivity contribution is 0.482. The Hall–Kier alpha value is -1.09. The van der Waals surface area contributed by atoms with Gasteiger partial charge in [0.1, 0.15) is 5.82 Å². The molecule has 1 aliphatic rings.